The SMILES string of the molecule is CC(C)CN(C)c1nnns1. The van der Waals surface area contributed by atoms with Gasteiger partial charge < -0.3 is 4.90 Å². The van der Waals surface area contributed by atoms with Gasteiger partial charge in [0.1, 0.15) is 0 Å². The third-order valence-corrected chi connectivity index (χ3v) is 1.97. The summed E-state index contributed by atoms with van der Waals surface area (Å²) in [5, 5.41) is 8.27. The molecule has 0 N–H and O–H groups in total. The number of rotatable bonds is 3. The van der Waals surface area contributed by atoms with Crippen molar-refractivity contribution in [2.45, 2.75) is 13.8 Å². The van der Waals surface area contributed by atoms with E-state index in [1.165, 1.54) is 11.5 Å². The topological polar surface area (TPSA) is 41.9 Å². The molecular formula is C6H12N4S. The average Bonchev–Trinajstić information content (AvgIpc) is 2.35. The summed E-state index contributed by atoms with van der Waals surface area (Å²) >= 11 is 1.33. The first-order chi connectivity index (χ1) is 5.20. The Hall–Kier alpha value is -0.710. The minimum absolute atomic E-state index is 0.642. The first kappa shape index (κ1) is 8.39. The molecule has 1 rings (SSSR count). The zero-order valence-electron chi connectivity index (χ0n) is 6.98. The molecule has 0 spiro atoms. The summed E-state index contributed by atoms with van der Waals surface area (Å²) in [7, 11) is 2.00. The van der Waals surface area contributed by atoms with Gasteiger partial charge in [0.15, 0.2) is 0 Å². The molecule has 0 saturated carbocycles. The molecule has 0 amide bonds. The third kappa shape index (κ3) is 2.42. The lowest BCUT2D eigenvalue weighted by Crippen LogP contribution is -2.22. The van der Waals surface area contributed by atoms with Gasteiger partial charge in [0.25, 0.3) is 0 Å². The molecule has 11 heavy (non-hydrogen) atoms. The molecule has 0 radical (unpaired) electrons. The average molecular weight is 172 g/mol. The van der Waals surface area contributed by atoms with Gasteiger partial charge in [-0.2, -0.15) is 0 Å². The molecule has 1 aromatic rings. The highest BCUT2D eigenvalue weighted by Crippen LogP contribution is 2.12. The fraction of sp³-hybridized carbons (Fsp3) is 0.833. The van der Waals surface area contributed by atoms with E-state index in [1.54, 1.807) is 0 Å². The first-order valence-electron chi connectivity index (χ1n) is 3.56. The van der Waals surface area contributed by atoms with Gasteiger partial charge in [0.05, 0.1) is 0 Å². The van der Waals surface area contributed by atoms with Crippen molar-refractivity contribution in [3.05, 3.63) is 0 Å². The molecular weight excluding hydrogens is 160 g/mol. The Labute approximate surface area is 70.4 Å². The Bertz CT molecular complexity index is 196. The zero-order chi connectivity index (χ0) is 8.27. The molecule has 0 atom stereocenters. The maximum atomic E-state index is 3.85. The Balaban J connectivity index is 2.49. The highest BCUT2D eigenvalue weighted by atomic mass is 32.1. The monoisotopic (exact) mass is 172 g/mol. The predicted molar refractivity (Wildman–Crippen MR) is 45.8 cm³/mol. The zero-order valence-corrected chi connectivity index (χ0v) is 7.80. The van der Waals surface area contributed by atoms with Crippen LogP contribution in [0.3, 0.4) is 0 Å². The number of anilines is 1. The fourth-order valence-corrected chi connectivity index (χ4v) is 1.33. The summed E-state index contributed by atoms with van der Waals surface area (Å²) in [6, 6.07) is 0. The molecule has 0 bridgehead atoms. The quantitative estimate of drug-likeness (QED) is 0.682. The van der Waals surface area contributed by atoms with E-state index >= 15 is 0 Å². The van der Waals surface area contributed by atoms with Crippen molar-refractivity contribution in [2.24, 2.45) is 5.92 Å². The molecule has 0 fully saturated rings. The number of aromatic nitrogens is 3. The third-order valence-electron chi connectivity index (χ3n) is 1.25. The largest absolute Gasteiger partial charge is 0.348 e. The van der Waals surface area contributed by atoms with Gasteiger partial charge in [-0.15, -0.1) is 0 Å². The highest BCUT2D eigenvalue weighted by Gasteiger charge is 2.06. The van der Waals surface area contributed by atoms with Crippen LogP contribution >= 0.6 is 11.5 Å². The van der Waals surface area contributed by atoms with Crippen LogP contribution in [-0.4, -0.2) is 28.4 Å². The number of hydrogen-bond donors (Lipinski definition) is 0. The van der Waals surface area contributed by atoms with E-state index in [0.29, 0.717) is 5.92 Å². The molecule has 1 heterocycles. The van der Waals surface area contributed by atoms with Crippen molar-refractivity contribution in [1.29, 1.82) is 0 Å². The maximum Gasteiger partial charge on any atom is 0.227 e. The van der Waals surface area contributed by atoms with Crippen molar-refractivity contribution < 1.29 is 0 Å². The molecule has 0 aliphatic heterocycles. The summed E-state index contributed by atoms with van der Waals surface area (Å²) < 4.78 is 3.69. The van der Waals surface area contributed by atoms with Crippen LogP contribution < -0.4 is 4.90 Å². The Morgan fingerprint density at radius 1 is 1.55 bits per heavy atom. The van der Waals surface area contributed by atoms with Crippen LogP contribution in [-0.2, 0) is 0 Å². The molecule has 1 aromatic heterocycles. The minimum atomic E-state index is 0.642. The number of hydrogen-bond acceptors (Lipinski definition) is 5. The summed E-state index contributed by atoms with van der Waals surface area (Å²) in [5.74, 6) is 0.642. The van der Waals surface area contributed by atoms with E-state index < -0.39 is 0 Å². The van der Waals surface area contributed by atoms with Gasteiger partial charge in [0.2, 0.25) is 5.13 Å². The lowest BCUT2D eigenvalue weighted by molar-refractivity contribution is 0.636. The van der Waals surface area contributed by atoms with Crippen LogP contribution in [0.1, 0.15) is 13.8 Å². The van der Waals surface area contributed by atoms with E-state index in [2.05, 4.69) is 33.5 Å². The van der Waals surface area contributed by atoms with Crippen LogP contribution in [0.4, 0.5) is 5.13 Å². The molecule has 62 valence electrons. The minimum Gasteiger partial charge on any atom is -0.348 e. The lowest BCUT2D eigenvalue weighted by atomic mass is 10.2. The molecule has 0 aromatic carbocycles. The predicted octanol–water partition coefficient (Wildman–Crippen LogP) is 1.03. The molecule has 0 aliphatic rings. The van der Waals surface area contributed by atoms with E-state index in [9.17, 15) is 0 Å². The second-order valence-electron chi connectivity index (χ2n) is 2.92. The Morgan fingerprint density at radius 2 is 2.27 bits per heavy atom. The fourth-order valence-electron chi connectivity index (χ4n) is 0.901. The Kier molecular flexibility index (Phi) is 2.76. The number of nitrogens with zero attached hydrogens (tertiary/aromatic N) is 4. The molecule has 0 unspecified atom stereocenters. The van der Waals surface area contributed by atoms with Crippen molar-refractivity contribution in [3.8, 4) is 0 Å². The van der Waals surface area contributed by atoms with Crippen LogP contribution in [0.15, 0.2) is 0 Å². The van der Waals surface area contributed by atoms with Gasteiger partial charge >= 0.3 is 0 Å². The first-order valence-corrected chi connectivity index (χ1v) is 4.33. The summed E-state index contributed by atoms with van der Waals surface area (Å²) in [6.07, 6.45) is 0. The summed E-state index contributed by atoms with van der Waals surface area (Å²) in [6.45, 7) is 5.34. The van der Waals surface area contributed by atoms with E-state index in [1.807, 2.05) is 7.05 Å². The van der Waals surface area contributed by atoms with Crippen molar-refractivity contribution >= 4 is 16.7 Å². The van der Waals surface area contributed by atoms with E-state index in [-0.39, 0.29) is 0 Å². The molecule has 0 saturated heterocycles. The second kappa shape index (κ2) is 3.61. The van der Waals surface area contributed by atoms with Crippen LogP contribution in [0.2, 0.25) is 0 Å². The maximum absolute atomic E-state index is 3.85. The standard InChI is InChI=1S/C6H12N4S/c1-5(2)4-10(3)6-7-8-9-11-6/h5H,4H2,1-3H3. The van der Waals surface area contributed by atoms with Gasteiger partial charge in [-0.3, -0.25) is 0 Å². The highest BCUT2D eigenvalue weighted by molar-refractivity contribution is 7.09. The van der Waals surface area contributed by atoms with Gasteiger partial charge in [-0.1, -0.05) is 23.4 Å². The van der Waals surface area contributed by atoms with Gasteiger partial charge in [0, 0.05) is 25.1 Å². The van der Waals surface area contributed by atoms with E-state index in [0.717, 1.165) is 11.7 Å². The van der Waals surface area contributed by atoms with Crippen molar-refractivity contribution in [3.63, 3.8) is 0 Å². The molecule has 4 nitrogen and oxygen atoms in total. The lowest BCUT2D eigenvalue weighted by Gasteiger charge is -2.16. The van der Waals surface area contributed by atoms with Crippen LogP contribution in [0, 0.1) is 5.92 Å². The second-order valence-corrected chi connectivity index (χ2v) is 3.63. The van der Waals surface area contributed by atoms with E-state index in [4.69, 9.17) is 0 Å². The molecule has 0 aliphatic carbocycles. The van der Waals surface area contributed by atoms with Gasteiger partial charge in [-0.05, 0) is 11.1 Å². The molecule has 5 heteroatoms. The smallest absolute Gasteiger partial charge is 0.227 e. The Morgan fingerprint density at radius 3 is 2.73 bits per heavy atom. The van der Waals surface area contributed by atoms with Crippen LogP contribution in [0.5, 0.6) is 0 Å². The van der Waals surface area contributed by atoms with Gasteiger partial charge in [-0.25, -0.2) is 0 Å². The van der Waals surface area contributed by atoms with Crippen molar-refractivity contribution in [2.75, 3.05) is 18.5 Å². The summed E-state index contributed by atoms with van der Waals surface area (Å²) in [5.41, 5.74) is 0. The van der Waals surface area contributed by atoms with Crippen LogP contribution in [0.25, 0.3) is 0 Å². The normalized spacial score (nSPS) is 10.5. The summed E-state index contributed by atoms with van der Waals surface area (Å²) in [4.78, 5) is 2.06. The van der Waals surface area contributed by atoms with Crippen molar-refractivity contribution in [1.82, 2.24) is 14.8 Å².